The number of H-pyrrole nitrogens is 1. The van der Waals surface area contributed by atoms with Gasteiger partial charge < -0.3 is 4.98 Å². The van der Waals surface area contributed by atoms with Crippen molar-refractivity contribution in [2.45, 2.75) is 26.7 Å². The average Bonchev–Trinajstić information content (AvgIpc) is 2.18. The van der Waals surface area contributed by atoms with Crippen LogP contribution in [0, 0.1) is 6.92 Å². The lowest BCUT2D eigenvalue weighted by Gasteiger charge is -2.08. The molecule has 4 heteroatoms. The molecule has 0 saturated carbocycles. The monoisotopic (exact) mass is 203 g/mol. The second-order valence-corrected chi connectivity index (χ2v) is 3.95. The number of nitrogens with zero attached hydrogens (tertiary/aromatic N) is 2. The molecule has 2 aromatic rings. The van der Waals surface area contributed by atoms with Crippen LogP contribution in [0.4, 0.5) is 0 Å². The van der Waals surface area contributed by atoms with E-state index in [-0.39, 0.29) is 5.56 Å². The molecule has 0 saturated heterocycles. The second kappa shape index (κ2) is 3.46. The van der Waals surface area contributed by atoms with E-state index in [0.717, 1.165) is 11.3 Å². The lowest BCUT2D eigenvalue weighted by Crippen LogP contribution is -2.09. The first-order valence-electron chi connectivity index (χ1n) is 4.94. The summed E-state index contributed by atoms with van der Waals surface area (Å²) < 4.78 is 0. The third kappa shape index (κ3) is 1.63. The minimum atomic E-state index is -0.133. The van der Waals surface area contributed by atoms with E-state index in [1.165, 1.54) is 6.33 Å². The van der Waals surface area contributed by atoms with Crippen LogP contribution in [0.25, 0.3) is 11.0 Å². The molecule has 1 N–H and O–H groups in total. The molecular weight excluding hydrogens is 190 g/mol. The minimum absolute atomic E-state index is 0.133. The van der Waals surface area contributed by atoms with Gasteiger partial charge in [-0.3, -0.25) is 4.79 Å². The fourth-order valence-electron chi connectivity index (χ4n) is 1.70. The van der Waals surface area contributed by atoms with Gasteiger partial charge in [-0.1, -0.05) is 13.8 Å². The van der Waals surface area contributed by atoms with Crippen LogP contribution in [-0.4, -0.2) is 15.0 Å². The van der Waals surface area contributed by atoms with Crippen LogP contribution in [0.5, 0.6) is 0 Å². The number of hydrogen-bond acceptors (Lipinski definition) is 3. The van der Waals surface area contributed by atoms with E-state index in [9.17, 15) is 4.79 Å². The van der Waals surface area contributed by atoms with Crippen molar-refractivity contribution in [2.75, 3.05) is 0 Å². The van der Waals surface area contributed by atoms with Gasteiger partial charge in [-0.05, 0) is 24.5 Å². The highest BCUT2D eigenvalue weighted by atomic mass is 16.1. The zero-order valence-corrected chi connectivity index (χ0v) is 9.03. The van der Waals surface area contributed by atoms with Gasteiger partial charge in [-0.15, -0.1) is 0 Å². The van der Waals surface area contributed by atoms with Crippen molar-refractivity contribution < 1.29 is 0 Å². The molecule has 0 unspecified atom stereocenters. The van der Waals surface area contributed by atoms with Crippen LogP contribution in [0.3, 0.4) is 0 Å². The van der Waals surface area contributed by atoms with Crippen molar-refractivity contribution in [1.82, 2.24) is 15.0 Å². The fourth-order valence-corrected chi connectivity index (χ4v) is 1.70. The average molecular weight is 203 g/mol. The summed E-state index contributed by atoms with van der Waals surface area (Å²) in [5.74, 6) is 0.343. The Bertz CT molecular complexity index is 557. The standard InChI is InChI=1S/C11H13N3O/c1-6(2)9-7(3)4-8-10(14-9)12-5-13-11(8)15/h4-6H,1-3H3,(H,12,13,14,15). The lowest BCUT2D eigenvalue weighted by atomic mass is 10.0. The number of nitrogens with one attached hydrogen (secondary N) is 1. The number of hydrogen-bond donors (Lipinski definition) is 1. The van der Waals surface area contributed by atoms with E-state index in [0.29, 0.717) is 17.0 Å². The van der Waals surface area contributed by atoms with E-state index < -0.39 is 0 Å². The molecule has 0 aromatic carbocycles. The molecular formula is C11H13N3O. The topological polar surface area (TPSA) is 58.6 Å². The summed E-state index contributed by atoms with van der Waals surface area (Å²) in [6, 6.07) is 1.85. The molecule has 0 bridgehead atoms. The molecule has 4 nitrogen and oxygen atoms in total. The third-order valence-corrected chi connectivity index (χ3v) is 2.41. The number of fused-ring (bicyclic) bond motifs is 1. The molecule has 0 amide bonds. The van der Waals surface area contributed by atoms with Crippen molar-refractivity contribution in [1.29, 1.82) is 0 Å². The van der Waals surface area contributed by atoms with Gasteiger partial charge >= 0.3 is 0 Å². The van der Waals surface area contributed by atoms with Gasteiger partial charge in [0, 0.05) is 5.69 Å². The maximum absolute atomic E-state index is 11.5. The fraction of sp³-hybridized carbons (Fsp3) is 0.364. The first-order valence-corrected chi connectivity index (χ1v) is 4.94. The SMILES string of the molecule is Cc1cc2c(=O)[nH]cnc2nc1C(C)C. The number of aryl methyl sites for hydroxylation is 1. The molecule has 0 atom stereocenters. The summed E-state index contributed by atoms with van der Waals surface area (Å²) in [4.78, 5) is 22.5. The van der Waals surface area contributed by atoms with Crippen molar-refractivity contribution >= 4 is 11.0 Å². The molecule has 2 heterocycles. The molecule has 0 radical (unpaired) electrons. The van der Waals surface area contributed by atoms with E-state index in [4.69, 9.17) is 0 Å². The highest BCUT2D eigenvalue weighted by Crippen LogP contribution is 2.18. The van der Waals surface area contributed by atoms with E-state index in [1.807, 2.05) is 13.0 Å². The zero-order valence-electron chi connectivity index (χ0n) is 9.03. The van der Waals surface area contributed by atoms with Gasteiger partial charge in [-0.2, -0.15) is 0 Å². The van der Waals surface area contributed by atoms with Crippen LogP contribution < -0.4 is 5.56 Å². The van der Waals surface area contributed by atoms with Crippen LogP contribution in [0.15, 0.2) is 17.2 Å². The van der Waals surface area contributed by atoms with Gasteiger partial charge in [0.2, 0.25) is 0 Å². The Morgan fingerprint density at radius 1 is 1.40 bits per heavy atom. The minimum Gasteiger partial charge on any atom is -0.313 e. The van der Waals surface area contributed by atoms with E-state index in [1.54, 1.807) is 0 Å². The first kappa shape index (κ1) is 9.83. The van der Waals surface area contributed by atoms with Crippen molar-refractivity contribution in [3.63, 3.8) is 0 Å². The van der Waals surface area contributed by atoms with Crippen LogP contribution >= 0.6 is 0 Å². The van der Waals surface area contributed by atoms with Crippen molar-refractivity contribution in [3.8, 4) is 0 Å². The quantitative estimate of drug-likeness (QED) is 0.768. The summed E-state index contributed by atoms with van der Waals surface area (Å²) in [5, 5.41) is 0.555. The molecule has 2 aromatic heterocycles. The lowest BCUT2D eigenvalue weighted by molar-refractivity contribution is 0.816. The summed E-state index contributed by atoms with van der Waals surface area (Å²) in [6.07, 6.45) is 1.39. The summed E-state index contributed by atoms with van der Waals surface area (Å²) >= 11 is 0. The van der Waals surface area contributed by atoms with Crippen LogP contribution in [0.1, 0.15) is 31.0 Å². The number of aromatic amines is 1. The Balaban J connectivity index is 2.82. The number of aromatic nitrogens is 3. The number of pyridine rings is 1. The van der Waals surface area contributed by atoms with Crippen molar-refractivity contribution in [3.05, 3.63) is 34.0 Å². The number of rotatable bonds is 1. The highest BCUT2D eigenvalue weighted by molar-refractivity contribution is 5.74. The Labute approximate surface area is 87.4 Å². The molecule has 0 spiro atoms. The van der Waals surface area contributed by atoms with Gasteiger partial charge in [-0.25, -0.2) is 9.97 Å². The van der Waals surface area contributed by atoms with E-state index in [2.05, 4.69) is 28.8 Å². The molecule has 0 aliphatic heterocycles. The second-order valence-electron chi connectivity index (χ2n) is 3.95. The maximum Gasteiger partial charge on any atom is 0.260 e. The Morgan fingerprint density at radius 3 is 2.80 bits per heavy atom. The molecule has 15 heavy (non-hydrogen) atoms. The van der Waals surface area contributed by atoms with Crippen LogP contribution in [0.2, 0.25) is 0 Å². The third-order valence-electron chi connectivity index (χ3n) is 2.41. The predicted octanol–water partition coefficient (Wildman–Crippen LogP) is 1.75. The summed E-state index contributed by atoms with van der Waals surface area (Å²) in [6.45, 7) is 6.12. The predicted molar refractivity (Wildman–Crippen MR) is 59.0 cm³/mol. The Hall–Kier alpha value is -1.71. The maximum atomic E-state index is 11.5. The zero-order chi connectivity index (χ0) is 11.0. The van der Waals surface area contributed by atoms with Crippen LogP contribution in [-0.2, 0) is 0 Å². The highest BCUT2D eigenvalue weighted by Gasteiger charge is 2.09. The normalized spacial score (nSPS) is 11.2. The molecule has 0 aliphatic carbocycles. The van der Waals surface area contributed by atoms with Gasteiger partial charge in [0.05, 0.1) is 11.7 Å². The molecule has 0 fully saturated rings. The Kier molecular flexibility index (Phi) is 2.26. The summed E-state index contributed by atoms with van der Waals surface area (Å²) in [7, 11) is 0. The van der Waals surface area contributed by atoms with Crippen molar-refractivity contribution in [2.24, 2.45) is 0 Å². The molecule has 0 aliphatic rings. The first-order chi connectivity index (χ1) is 7.09. The van der Waals surface area contributed by atoms with Gasteiger partial charge in [0.1, 0.15) is 0 Å². The Morgan fingerprint density at radius 2 is 2.13 bits per heavy atom. The molecule has 2 rings (SSSR count). The van der Waals surface area contributed by atoms with E-state index >= 15 is 0 Å². The smallest absolute Gasteiger partial charge is 0.260 e. The summed E-state index contributed by atoms with van der Waals surface area (Å²) in [5.41, 5.74) is 2.43. The largest absolute Gasteiger partial charge is 0.313 e. The molecule has 78 valence electrons. The van der Waals surface area contributed by atoms with Gasteiger partial charge in [0.25, 0.3) is 5.56 Å². The van der Waals surface area contributed by atoms with Gasteiger partial charge in [0.15, 0.2) is 5.65 Å².